The molecule has 0 bridgehead atoms. The van der Waals surface area contributed by atoms with Crippen molar-refractivity contribution in [2.24, 2.45) is 5.73 Å². The minimum absolute atomic E-state index is 0.126. The fraction of sp³-hybridized carbons (Fsp3) is 0.0667. The highest BCUT2D eigenvalue weighted by molar-refractivity contribution is 6.31. The van der Waals surface area contributed by atoms with Crippen LogP contribution in [0.15, 0.2) is 48.5 Å². The van der Waals surface area contributed by atoms with E-state index in [0.717, 1.165) is 0 Å². The van der Waals surface area contributed by atoms with E-state index in [4.69, 9.17) is 27.8 Å². The Hall–Kier alpha value is -2.53. The highest BCUT2D eigenvalue weighted by Crippen LogP contribution is 2.23. The number of esters is 1. The fourth-order valence-corrected chi connectivity index (χ4v) is 1.99. The van der Waals surface area contributed by atoms with Crippen LogP contribution in [0.5, 0.6) is 0 Å². The molecule has 0 spiro atoms. The van der Waals surface area contributed by atoms with E-state index in [1.54, 1.807) is 30.3 Å². The van der Waals surface area contributed by atoms with Crippen molar-refractivity contribution in [2.75, 3.05) is 5.73 Å². The second-order valence-electron chi connectivity index (χ2n) is 4.33. The number of amides is 1. The van der Waals surface area contributed by atoms with Crippen LogP contribution < -0.4 is 11.5 Å². The molecule has 2 aromatic rings. The van der Waals surface area contributed by atoms with E-state index in [0.29, 0.717) is 10.6 Å². The molecule has 2 aromatic carbocycles. The summed E-state index contributed by atoms with van der Waals surface area (Å²) in [6, 6.07) is 12.9. The van der Waals surface area contributed by atoms with Gasteiger partial charge in [-0.05, 0) is 18.2 Å². The summed E-state index contributed by atoms with van der Waals surface area (Å²) in [4.78, 5) is 23.6. The second kappa shape index (κ2) is 6.28. The van der Waals surface area contributed by atoms with Crippen molar-refractivity contribution >= 4 is 29.2 Å². The molecule has 21 heavy (non-hydrogen) atoms. The molecular formula is C15H13ClN2O3. The Morgan fingerprint density at radius 2 is 1.76 bits per heavy atom. The van der Waals surface area contributed by atoms with Crippen LogP contribution in [-0.2, 0) is 9.53 Å². The molecule has 0 aliphatic carbocycles. The molecular weight excluding hydrogens is 292 g/mol. The Bertz CT molecular complexity index is 674. The zero-order valence-electron chi connectivity index (χ0n) is 11.0. The van der Waals surface area contributed by atoms with Crippen molar-refractivity contribution in [1.29, 1.82) is 0 Å². The summed E-state index contributed by atoms with van der Waals surface area (Å²) < 4.78 is 5.17. The van der Waals surface area contributed by atoms with E-state index >= 15 is 0 Å². The standard InChI is InChI=1S/C15H13ClN2O3/c16-10-6-7-11(12(17)8-10)15(20)21-13(14(18)19)9-4-2-1-3-5-9/h1-8,13H,17H2,(H2,18,19). The molecule has 2 rings (SSSR count). The van der Waals surface area contributed by atoms with Gasteiger partial charge < -0.3 is 16.2 Å². The molecule has 0 radical (unpaired) electrons. The molecule has 0 heterocycles. The molecule has 0 aromatic heterocycles. The van der Waals surface area contributed by atoms with Crippen molar-refractivity contribution < 1.29 is 14.3 Å². The lowest BCUT2D eigenvalue weighted by atomic mass is 10.1. The van der Waals surface area contributed by atoms with Gasteiger partial charge >= 0.3 is 5.97 Å². The van der Waals surface area contributed by atoms with Gasteiger partial charge in [-0.15, -0.1) is 0 Å². The topological polar surface area (TPSA) is 95.4 Å². The number of benzene rings is 2. The van der Waals surface area contributed by atoms with Gasteiger partial charge in [0.05, 0.1) is 5.56 Å². The molecule has 0 saturated carbocycles. The minimum Gasteiger partial charge on any atom is -0.444 e. The number of carbonyl (C=O) groups is 2. The number of hydrogen-bond donors (Lipinski definition) is 2. The van der Waals surface area contributed by atoms with Gasteiger partial charge in [0, 0.05) is 16.3 Å². The van der Waals surface area contributed by atoms with Crippen LogP contribution in [-0.4, -0.2) is 11.9 Å². The highest BCUT2D eigenvalue weighted by Gasteiger charge is 2.24. The van der Waals surface area contributed by atoms with Crippen LogP contribution in [0.1, 0.15) is 22.0 Å². The maximum atomic E-state index is 12.1. The Labute approximate surface area is 126 Å². The van der Waals surface area contributed by atoms with Crippen molar-refractivity contribution in [3.05, 3.63) is 64.7 Å². The van der Waals surface area contributed by atoms with E-state index in [1.165, 1.54) is 18.2 Å². The molecule has 108 valence electrons. The largest absolute Gasteiger partial charge is 0.444 e. The SMILES string of the molecule is NC(=O)C(OC(=O)c1ccc(Cl)cc1N)c1ccccc1. The molecule has 5 nitrogen and oxygen atoms in total. The number of carbonyl (C=O) groups excluding carboxylic acids is 2. The van der Waals surface area contributed by atoms with Gasteiger partial charge in [0.2, 0.25) is 6.10 Å². The molecule has 4 N–H and O–H groups in total. The number of hydrogen-bond acceptors (Lipinski definition) is 4. The number of nitrogens with two attached hydrogens (primary N) is 2. The Morgan fingerprint density at radius 3 is 2.33 bits per heavy atom. The van der Waals surface area contributed by atoms with Crippen LogP contribution in [0, 0.1) is 0 Å². The predicted octanol–water partition coefficient (Wildman–Crippen LogP) is 2.31. The molecule has 0 fully saturated rings. The first-order valence-electron chi connectivity index (χ1n) is 6.09. The van der Waals surface area contributed by atoms with E-state index in [2.05, 4.69) is 0 Å². The van der Waals surface area contributed by atoms with Gasteiger partial charge in [-0.3, -0.25) is 4.79 Å². The third-order valence-corrected chi connectivity index (χ3v) is 3.05. The van der Waals surface area contributed by atoms with Crippen LogP contribution in [0.25, 0.3) is 0 Å². The third-order valence-electron chi connectivity index (χ3n) is 2.82. The van der Waals surface area contributed by atoms with Gasteiger partial charge in [0.1, 0.15) is 0 Å². The summed E-state index contributed by atoms with van der Waals surface area (Å²) in [5.74, 6) is -1.50. The Balaban J connectivity index is 2.25. The van der Waals surface area contributed by atoms with E-state index < -0.39 is 18.0 Å². The summed E-state index contributed by atoms with van der Waals surface area (Å²) in [5, 5.41) is 0.401. The Morgan fingerprint density at radius 1 is 1.10 bits per heavy atom. The number of ether oxygens (including phenoxy) is 1. The fourth-order valence-electron chi connectivity index (χ4n) is 1.81. The first-order valence-corrected chi connectivity index (χ1v) is 6.47. The lowest BCUT2D eigenvalue weighted by Crippen LogP contribution is -2.26. The van der Waals surface area contributed by atoms with Crippen molar-refractivity contribution in [2.45, 2.75) is 6.10 Å². The molecule has 0 aliphatic heterocycles. The van der Waals surface area contributed by atoms with Gasteiger partial charge in [0.15, 0.2) is 0 Å². The summed E-state index contributed by atoms with van der Waals surface area (Å²) in [6.45, 7) is 0. The molecule has 1 unspecified atom stereocenters. The molecule has 1 atom stereocenters. The zero-order chi connectivity index (χ0) is 15.4. The first-order chi connectivity index (χ1) is 9.99. The predicted molar refractivity (Wildman–Crippen MR) is 79.7 cm³/mol. The van der Waals surface area contributed by atoms with Gasteiger partial charge in [0.25, 0.3) is 5.91 Å². The maximum absolute atomic E-state index is 12.1. The highest BCUT2D eigenvalue weighted by atomic mass is 35.5. The van der Waals surface area contributed by atoms with E-state index in [9.17, 15) is 9.59 Å². The summed E-state index contributed by atoms with van der Waals surface area (Å²) in [5.41, 5.74) is 11.8. The van der Waals surface area contributed by atoms with Crippen molar-refractivity contribution in [1.82, 2.24) is 0 Å². The monoisotopic (exact) mass is 304 g/mol. The smallest absolute Gasteiger partial charge is 0.341 e. The summed E-state index contributed by atoms with van der Waals surface area (Å²) in [6.07, 6.45) is -1.17. The third kappa shape index (κ3) is 3.52. The van der Waals surface area contributed by atoms with Gasteiger partial charge in [-0.2, -0.15) is 0 Å². The second-order valence-corrected chi connectivity index (χ2v) is 4.77. The lowest BCUT2D eigenvalue weighted by Gasteiger charge is -2.15. The normalized spacial score (nSPS) is 11.7. The minimum atomic E-state index is -1.17. The van der Waals surface area contributed by atoms with Crippen molar-refractivity contribution in [3.8, 4) is 0 Å². The van der Waals surface area contributed by atoms with Crippen LogP contribution in [0.4, 0.5) is 5.69 Å². The number of primary amides is 1. The molecule has 1 amide bonds. The van der Waals surface area contributed by atoms with Crippen molar-refractivity contribution in [3.63, 3.8) is 0 Å². The van der Waals surface area contributed by atoms with Gasteiger partial charge in [-0.1, -0.05) is 41.9 Å². The van der Waals surface area contributed by atoms with E-state index in [-0.39, 0.29) is 11.3 Å². The quantitative estimate of drug-likeness (QED) is 0.669. The maximum Gasteiger partial charge on any atom is 0.341 e. The summed E-state index contributed by atoms with van der Waals surface area (Å²) >= 11 is 5.77. The first kappa shape index (κ1) is 14.9. The average Bonchev–Trinajstić information content (AvgIpc) is 2.45. The summed E-state index contributed by atoms with van der Waals surface area (Å²) in [7, 11) is 0. The van der Waals surface area contributed by atoms with Crippen LogP contribution >= 0.6 is 11.6 Å². The number of rotatable bonds is 4. The average molecular weight is 305 g/mol. The molecule has 0 saturated heterocycles. The van der Waals surface area contributed by atoms with Crippen LogP contribution in [0.3, 0.4) is 0 Å². The molecule has 6 heteroatoms. The number of halogens is 1. The van der Waals surface area contributed by atoms with Crippen LogP contribution in [0.2, 0.25) is 5.02 Å². The number of anilines is 1. The lowest BCUT2D eigenvalue weighted by molar-refractivity contribution is -0.127. The number of nitrogen functional groups attached to an aromatic ring is 1. The molecule has 0 aliphatic rings. The Kier molecular flexibility index (Phi) is 4.45. The zero-order valence-corrected chi connectivity index (χ0v) is 11.7. The van der Waals surface area contributed by atoms with Gasteiger partial charge in [-0.25, -0.2) is 4.79 Å². The van der Waals surface area contributed by atoms with E-state index in [1.807, 2.05) is 0 Å².